The van der Waals surface area contributed by atoms with Gasteiger partial charge in [0.15, 0.2) is 0 Å². The van der Waals surface area contributed by atoms with Crippen LogP contribution < -0.4 is 14.6 Å². The minimum atomic E-state index is -1.30. The summed E-state index contributed by atoms with van der Waals surface area (Å²) < 4.78 is 29.8. The number of hydrogen-bond acceptors (Lipinski definition) is 6. The minimum absolute atomic E-state index is 0.182. The highest BCUT2D eigenvalue weighted by molar-refractivity contribution is 7.36. The number of fused-ring (bicyclic) bond motifs is 3. The van der Waals surface area contributed by atoms with Gasteiger partial charge in [0.05, 0.1) is 20.4 Å². The van der Waals surface area contributed by atoms with E-state index in [1.165, 1.54) is 0 Å². The monoisotopic (exact) mass is 531 g/mol. The average Bonchev–Trinajstić information content (AvgIpc) is 2.98. The first-order valence-electron chi connectivity index (χ1n) is 12.9. The molecule has 0 aliphatic rings. The van der Waals surface area contributed by atoms with E-state index in [1.807, 2.05) is 26.0 Å². The highest BCUT2D eigenvalue weighted by Crippen LogP contribution is 2.45. The molecule has 0 N–H and O–H groups in total. The van der Waals surface area contributed by atoms with Gasteiger partial charge in [-0.3, -0.25) is 0 Å². The van der Waals surface area contributed by atoms with Crippen LogP contribution in [0.1, 0.15) is 79.4 Å². The Morgan fingerprint density at radius 2 is 1.24 bits per heavy atom. The van der Waals surface area contributed by atoms with E-state index < -0.39 is 14.0 Å². The van der Waals surface area contributed by atoms with Crippen molar-refractivity contribution < 1.29 is 27.7 Å². The van der Waals surface area contributed by atoms with E-state index in [0.717, 1.165) is 57.4 Å². The van der Waals surface area contributed by atoms with E-state index in [9.17, 15) is 5.11 Å². The highest BCUT2D eigenvalue weighted by atomic mass is 31.1. The predicted molar refractivity (Wildman–Crippen MR) is 152 cm³/mol. The van der Waals surface area contributed by atoms with E-state index in [1.54, 1.807) is 14.2 Å². The fourth-order valence-corrected chi connectivity index (χ4v) is 5.50. The van der Waals surface area contributed by atoms with Crippen molar-refractivity contribution in [3.05, 3.63) is 47.9 Å². The predicted octanol–water partition coefficient (Wildman–Crippen LogP) is 8.56. The molecule has 0 saturated heterocycles. The first-order chi connectivity index (χ1) is 17.3. The van der Waals surface area contributed by atoms with Gasteiger partial charge >= 0.3 is 0 Å². The Balaban J connectivity index is 0.00000235. The molecular weight excluding hydrogens is 487 g/mol. The van der Waals surface area contributed by atoms with Crippen molar-refractivity contribution in [1.82, 2.24) is 0 Å². The number of unbranched alkanes of at least 4 members (excludes halogenated alkanes) is 1. The van der Waals surface area contributed by atoms with Gasteiger partial charge in [-0.1, -0.05) is 62.0 Å². The average molecular weight is 532 g/mol. The number of rotatable bonds is 8. The van der Waals surface area contributed by atoms with Crippen LogP contribution in [-0.2, 0) is 21.7 Å². The van der Waals surface area contributed by atoms with Gasteiger partial charge < -0.3 is 27.7 Å². The largest absolute Gasteiger partial charge is 0.614 e. The summed E-state index contributed by atoms with van der Waals surface area (Å²) in [6.07, 6.45) is 2.22. The van der Waals surface area contributed by atoms with Gasteiger partial charge in [-0.2, -0.15) is 0 Å². The maximum atomic E-state index is 11.0. The van der Waals surface area contributed by atoms with E-state index in [-0.39, 0.29) is 10.8 Å². The molecule has 206 valence electrons. The van der Waals surface area contributed by atoms with Gasteiger partial charge in [-0.05, 0) is 54.5 Å². The summed E-state index contributed by atoms with van der Waals surface area (Å²) in [7, 11) is 2.07. The number of hydrogen-bond donors (Lipinski definition) is 0. The zero-order valence-electron chi connectivity index (χ0n) is 24.2. The summed E-state index contributed by atoms with van der Waals surface area (Å²) in [5.74, 6) is 1.03. The van der Waals surface area contributed by atoms with Gasteiger partial charge in [-0.25, -0.2) is 0 Å². The molecule has 1 heterocycles. The Morgan fingerprint density at radius 3 is 1.59 bits per heavy atom. The fraction of sp³-hybridized carbons (Fsp3) is 0.533. The van der Waals surface area contributed by atoms with Gasteiger partial charge in [0.1, 0.15) is 22.7 Å². The maximum absolute atomic E-state index is 11.0. The molecule has 0 atom stereocenters. The zero-order chi connectivity index (χ0) is 28.0. The molecule has 3 aromatic rings. The van der Waals surface area contributed by atoms with Gasteiger partial charge in [0, 0.05) is 27.8 Å². The lowest BCUT2D eigenvalue weighted by Gasteiger charge is -2.21. The SMILES string of the molecule is C=C([O-])OCCCCp1oc2c(C(C)(C)C)cc(OC)cc2c2cc(OC)cc(C(C)(C)C)c2o1.CC. The molecule has 0 aliphatic heterocycles. The topological polar surface area (TPSA) is 77.0 Å². The molecule has 1 aromatic heterocycles. The quantitative estimate of drug-likeness (QED) is 0.214. The Labute approximate surface area is 223 Å². The molecule has 0 unspecified atom stereocenters. The van der Waals surface area contributed by atoms with E-state index in [2.05, 4.69) is 60.3 Å². The van der Waals surface area contributed by atoms with E-state index in [0.29, 0.717) is 12.8 Å². The lowest BCUT2D eigenvalue weighted by molar-refractivity contribution is -0.356. The summed E-state index contributed by atoms with van der Waals surface area (Å²) in [6.45, 7) is 20.6. The highest BCUT2D eigenvalue weighted by Gasteiger charge is 2.25. The lowest BCUT2D eigenvalue weighted by Crippen LogP contribution is -2.12. The van der Waals surface area contributed by atoms with Crippen LogP contribution in [0.2, 0.25) is 0 Å². The molecule has 0 fully saturated rings. The normalized spacial score (nSPS) is 11.6. The second-order valence-electron chi connectivity index (χ2n) is 10.8. The van der Waals surface area contributed by atoms with Gasteiger partial charge in [0.2, 0.25) is 8.01 Å². The second kappa shape index (κ2) is 12.7. The number of ether oxygens (including phenoxy) is 3. The molecule has 0 radical (unpaired) electrons. The van der Waals surface area contributed by atoms with Crippen molar-refractivity contribution >= 4 is 30.0 Å². The molecule has 3 rings (SSSR count). The standard InChI is InChI=1S/C28H39O6P.C2H6/c1-18(29)32-12-10-11-13-35-33-25-21(14-19(30-8)16-23(25)27(2,3)4)22-15-20(31-9)17-24(26(22)34-35)28(5,6)7;1-2/h14-17,29H,1,10-13H2,2-9H3;1-2H3/p-1. The fourth-order valence-electron chi connectivity index (χ4n) is 3.99. The third kappa shape index (κ3) is 7.64. The second-order valence-corrected chi connectivity index (χ2v) is 12.2. The Morgan fingerprint density at radius 1 is 0.811 bits per heavy atom. The molecule has 6 nitrogen and oxygen atoms in total. The molecular formula is C30H44O6P-. The van der Waals surface area contributed by atoms with Gasteiger partial charge in [0.25, 0.3) is 0 Å². The number of aryl methyl sites for hydroxylation is 1. The molecule has 0 saturated carbocycles. The molecule has 0 aliphatic carbocycles. The van der Waals surface area contributed by atoms with Crippen molar-refractivity contribution in [3.8, 4) is 11.5 Å². The van der Waals surface area contributed by atoms with E-state index in [4.69, 9.17) is 22.6 Å². The van der Waals surface area contributed by atoms with Crippen LogP contribution in [0.4, 0.5) is 0 Å². The summed E-state index contributed by atoms with van der Waals surface area (Å²) in [4.78, 5) is 0. The van der Waals surface area contributed by atoms with Crippen molar-refractivity contribution in [2.45, 2.75) is 85.2 Å². The molecule has 0 spiro atoms. The summed E-state index contributed by atoms with van der Waals surface area (Å²) >= 11 is 0. The number of methoxy groups -OCH3 is 2. The first-order valence-corrected chi connectivity index (χ1v) is 14.3. The Kier molecular flexibility index (Phi) is 10.5. The molecule has 0 bridgehead atoms. The summed E-state index contributed by atoms with van der Waals surface area (Å²) in [6, 6.07) is 8.14. The first kappa shape index (κ1) is 30.5. The van der Waals surface area contributed by atoms with Crippen molar-refractivity contribution in [1.29, 1.82) is 0 Å². The zero-order valence-corrected chi connectivity index (χ0v) is 25.1. The molecule has 37 heavy (non-hydrogen) atoms. The minimum Gasteiger partial charge on any atom is -0.614 e. The third-order valence-electron chi connectivity index (χ3n) is 5.89. The van der Waals surface area contributed by atoms with Crippen molar-refractivity contribution in [3.63, 3.8) is 0 Å². The van der Waals surface area contributed by atoms with Crippen LogP contribution in [0.15, 0.2) is 45.2 Å². The lowest BCUT2D eigenvalue weighted by atomic mass is 9.84. The summed E-state index contributed by atoms with van der Waals surface area (Å²) in [5, 5.41) is 12.9. The van der Waals surface area contributed by atoms with Crippen LogP contribution >= 0.6 is 8.01 Å². The molecule has 7 heteroatoms. The van der Waals surface area contributed by atoms with Crippen LogP contribution in [0.3, 0.4) is 0 Å². The van der Waals surface area contributed by atoms with Crippen molar-refractivity contribution in [2.75, 3.05) is 20.8 Å². The van der Waals surface area contributed by atoms with Crippen molar-refractivity contribution in [2.24, 2.45) is 0 Å². The number of benzene rings is 2. The van der Waals surface area contributed by atoms with Gasteiger partial charge in [-0.15, -0.1) is 0 Å². The van der Waals surface area contributed by atoms with Crippen LogP contribution in [0.5, 0.6) is 11.5 Å². The maximum Gasteiger partial charge on any atom is 0.216 e. The molecule has 0 amide bonds. The Hall–Kier alpha value is -2.72. The Bertz CT molecular complexity index is 1160. The van der Waals surface area contributed by atoms with Crippen LogP contribution in [0.25, 0.3) is 21.9 Å². The summed E-state index contributed by atoms with van der Waals surface area (Å²) in [5.41, 5.74) is 3.39. The van der Waals surface area contributed by atoms with Crippen LogP contribution in [-0.4, -0.2) is 20.8 Å². The third-order valence-corrected chi connectivity index (χ3v) is 7.34. The van der Waals surface area contributed by atoms with E-state index >= 15 is 0 Å². The smallest absolute Gasteiger partial charge is 0.216 e. The molecule has 2 aromatic carbocycles. The van der Waals surface area contributed by atoms with Crippen LogP contribution in [0, 0.1) is 0 Å².